The molecule has 164 valence electrons. The Morgan fingerprint density at radius 1 is 1.12 bits per heavy atom. The second kappa shape index (κ2) is 10.7. The maximum atomic E-state index is 10.6. The molecule has 1 amide bonds. The molecule has 3 aromatic rings. The van der Waals surface area contributed by atoms with E-state index in [1.165, 1.54) is 6.33 Å². The fourth-order valence-electron chi connectivity index (χ4n) is 3.04. The van der Waals surface area contributed by atoms with Crippen LogP contribution in [0, 0.1) is 5.41 Å². The number of hydrogen-bond acceptors (Lipinski definition) is 7. The van der Waals surface area contributed by atoms with E-state index in [-0.39, 0.29) is 17.4 Å². The van der Waals surface area contributed by atoms with Crippen molar-refractivity contribution in [1.29, 1.82) is 5.41 Å². The normalized spacial score (nSPS) is 12.8. The van der Waals surface area contributed by atoms with Gasteiger partial charge in [0.1, 0.15) is 29.5 Å². The first-order valence-electron chi connectivity index (χ1n) is 10.2. The van der Waals surface area contributed by atoms with Crippen molar-refractivity contribution in [3.8, 4) is 11.5 Å². The number of amides is 1. The van der Waals surface area contributed by atoms with Gasteiger partial charge >= 0.3 is 0 Å². The van der Waals surface area contributed by atoms with E-state index in [0.29, 0.717) is 22.7 Å². The third-order valence-corrected chi connectivity index (χ3v) is 4.75. The molecule has 0 bridgehead atoms. The van der Waals surface area contributed by atoms with Crippen molar-refractivity contribution in [3.63, 3.8) is 0 Å². The summed E-state index contributed by atoms with van der Waals surface area (Å²) in [7, 11) is 1.73. The number of piperidine rings is 1. The summed E-state index contributed by atoms with van der Waals surface area (Å²) in [4.78, 5) is 18.7. The van der Waals surface area contributed by atoms with Gasteiger partial charge in [-0.15, -0.1) is 0 Å². The Morgan fingerprint density at radius 3 is 2.41 bits per heavy atom. The zero-order valence-electron chi connectivity index (χ0n) is 17.9. The number of nitrogens with zero attached hydrogens (tertiary/aromatic N) is 2. The number of nitrogens with one attached hydrogen (secondary N) is 3. The summed E-state index contributed by atoms with van der Waals surface area (Å²) < 4.78 is 5.76. The number of rotatable bonds is 5. The number of ether oxygens (including phenoxy) is 1. The monoisotopic (exact) mass is 430 g/mol. The third-order valence-electron chi connectivity index (χ3n) is 4.75. The topological polar surface area (TPSA) is 126 Å². The molecule has 1 fully saturated rings. The van der Waals surface area contributed by atoms with E-state index in [1.807, 2.05) is 54.6 Å². The lowest BCUT2D eigenvalue weighted by Crippen LogP contribution is -2.30. The Morgan fingerprint density at radius 2 is 1.81 bits per heavy atom. The summed E-state index contributed by atoms with van der Waals surface area (Å²) >= 11 is 0. The fourth-order valence-corrected chi connectivity index (χ4v) is 3.04. The smallest absolute Gasteiger partial charge is 0.246 e. The maximum Gasteiger partial charge on any atom is 0.246 e. The molecule has 0 atom stereocenters. The quantitative estimate of drug-likeness (QED) is 0.361. The molecule has 4 rings (SSSR count). The first-order chi connectivity index (χ1) is 15.5. The molecule has 8 heteroatoms. The highest BCUT2D eigenvalue weighted by Gasteiger charge is 2.15. The first kappa shape index (κ1) is 22.5. The number of hydrogen-bond donors (Lipinski definition) is 4. The predicted molar refractivity (Wildman–Crippen MR) is 126 cm³/mol. The third kappa shape index (κ3) is 5.69. The van der Waals surface area contributed by atoms with Gasteiger partial charge in [-0.25, -0.2) is 9.97 Å². The molecule has 0 unspecified atom stereocenters. The van der Waals surface area contributed by atoms with Crippen LogP contribution in [0.3, 0.4) is 0 Å². The standard InChI is InChI=1S/C18H17N5O.C6H9NO/c1-21-18-15(17(20)22-11-23-18)16(19)12-7-9-14(10-8-12)24-13-5-3-2-4-6-13;1-5-3-2-4-7-6(5)8/h2-11,19H,1H3,(H3,20,21,22,23);1-4H2,(H,7,8). The minimum atomic E-state index is 0.0243. The summed E-state index contributed by atoms with van der Waals surface area (Å²) in [6.45, 7) is 4.40. The predicted octanol–water partition coefficient (Wildman–Crippen LogP) is 3.76. The maximum absolute atomic E-state index is 10.6. The minimum Gasteiger partial charge on any atom is -0.457 e. The zero-order chi connectivity index (χ0) is 22.9. The van der Waals surface area contributed by atoms with Gasteiger partial charge in [0.25, 0.3) is 0 Å². The van der Waals surface area contributed by atoms with Crippen LogP contribution in [-0.2, 0) is 4.79 Å². The molecule has 2 aromatic carbocycles. The van der Waals surface area contributed by atoms with Crippen LogP contribution in [0.5, 0.6) is 11.5 Å². The number of carbonyl (C=O) groups is 1. The molecule has 1 aromatic heterocycles. The van der Waals surface area contributed by atoms with E-state index in [9.17, 15) is 4.79 Å². The average molecular weight is 431 g/mol. The number of nitrogens with two attached hydrogens (primary N) is 1. The molecule has 2 heterocycles. The van der Waals surface area contributed by atoms with E-state index in [2.05, 4.69) is 27.2 Å². The summed E-state index contributed by atoms with van der Waals surface area (Å²) in [5.41, 5.74) is 8.07. The molecule has 8 nitrogen and oxygen atoms in total. The van der Waals surface area contributed by atoms with E-state index in [0.717, 1.165) is 30.7 Å². The number of aromatic nitrogens is 2. The van der Waals surface area contributed by atoms with Crippen molar-refractivity contribution in [2.45, 2.75) is 12.8 Å². The molecular weight excluding hydrogens is 404 g/mol. The Labute approximate surface area is 187 Å². The number of carbonyl (C=O) groups excluding carboxylic acids is 1. The van der Waals surface area contributed by atoms with E-state index < -0.39 is 0 Å². The lowest BCUT2D eigenvalue weighted by Gasteiger charge is -2.12. The fraction of sp³-hybridized carbons (Fsp3) is 0.167. The van der Waals surface area contributed by atoms with Crippen molar-refractivity contribution in [2.75, 3.05) is 24.6 Å². The summed E-state index contributed by atoms with van der Waals surface area (Å²) in [6, 6.07) is 16.8. The highest BCUT2D eigenvalue weighted by molar-refractivity contribution is 6.16. The average Bonchev–Trinajstić information content (AvgIpc) is 2.82. The Kier molecular flexibility index (Phi) is 7.53. The van der Waals surface area contributed by atoms with Gasteiger partial charge in [-0.2, -0.15) is 0 Å². The Balaban J connectivity index is 0.000000305. The Hall–Kier alpha value is -4.20. The SMILES string of the molecule is C=C1CCCNC1=O.CNc1ncnc(N)c1C(=N)c1ccc(Oc2ccccc2)cc1. The lowest BCUT2D eigenvalue weighted by atomic mass is 10.0. The number of anilines is 2. The van der Waals surface area contributed by atoms with Crippen molar-refractivity contribution < 1.29 is 9.53 Å². The molecule has 0 spiro atoms. The van der Waals surface area contributed by atoms with E-state index >= 15 is 0 Å². The van der Waals surface area contributed by atoms with Crippen LogP contribution < -0.4 is 21.1 Å². The molecule has 1 saturated heterocycles. The minimum absolute atomic E-state index is 0.0243. The molecular formula is C24H26N6O2. The van der Waals surface area contributed by atoms with Gasteiger partial charge in [-0.3, -0.25) is 10.2 Å². The number of nitrogen functional groups attached to an aromatic ring is 1. The van der Waals surface area contributed by atoms with E-state index in [4.69, 9.17) is 15.9 Å². The van der Waals surface area contributed by atoms with Crippen LogP contribution in [0.2, 0.25) is 0 Å². The molecule has 0 aliphatic carbocycles. The van der Waals surface area contributed by atoms with Crippen LogP contribution in [0.25, 0.3) is 0 Å². The van der Waals surface area contributed by atoms with Crippen LogP contribution in [0.1, 0.15) is 24.0 Å². The van der Waals surface area contributed by atoms with Crippen molar-refractivity contribution in [2.24, 2.45) is 0 Å². The highest BCUT2D eigenvalue weighted by atomic mass is 16.5. The lowest BCUT2D eigenvalue weighted by molar-refractivity contribution is -0.118. The molecule has 0 radical (unpaired) electrons. The van der Waals surface area contributed by atoms with Crippen LogP contribution in [0.4, 0.5) is 11.6 Å². The summed E-state index contributed by atoms with van der Waals surface area (Å²) in [5.74, 6) is 2.28. The van der Waals surface area contributed by atoms with Gasteiger partial charge in [0.05, 0.1) is 11.3 Å². The summed E-state index contributed by atoms with van der Waals surface area (Å²) in [5, 5.41) is 14.0. The van der Waals surface area contributed by atoms with Crippen molar-refractivity contribution in [1.82, 2.24) is 15.3 Å². The van der Waals surface area contributed by atoms with Gasteiger partial charge in [-0.05, 0) is 49.2 Å². The second-order valence-corrected chi connectivity index (χ2v) is 7.01. The number of benzene rings is 2. The van der Waals surface area contributed by atoms with Crippen molar-refractivity contribution in [3.05, 3.63) is 84.2 Å². The van der Waals surface area contributed by atoms with E-state index in [1.54, 1.807) is 7.05 Å². The first-order valence-corrected chi connectivity index (χ1v) is 10.2. The Bertz CT molecular complexity index is 1080. The van der Waals surface area contributed by atoms with Gasteiger partial charge in [0.15, 0.2) is 0 Å². The molecule has 1 aliphatic rings. The summed E-state index contributed by atoms with van der Waals surface area (Å²) in [6.07, 6.45) is 3.28. The van der Waals surface area contributed by atoms with Crippen molar-refractivity contribution >= 4 is 23.3 Å². The van der Waals surface area contributed by atoms with Crippen LogP contribution >= 0.6 is 0 Å². The second-order valence-electron chi connectivity index (χ2n) is 7.01. The highest BCUT2D eigenvalue weighted by Crippen LogP contribution is 2.24. The molecule has 0 saturated carbocycles. The molecule has 32 heavy (non-hydrogen) atoms. The van der Waals surface area contributed by atoms with Gasteiger partial charge in [0, 0.05) is 24.7 Å². The van der Waals surface area contributed by atoms with Gasteiger partial charge in [-0.1, -0.05) is 24.8 Å². The van der Waals surface area contributed by atoms with Gasteiger partial charge < -0.3 is 21.1 Å². The van der Waals surface area contributed by atoms with Crippen LogP contribution in [-0.4, -0.2) is 35.2 Å². The molecule has 1 aliphatic heterocycles. The number of para-hydroxylation sites is 1. The zero-order valence-corrected chi connectivity index (χ0v) is 17.9. The van der Waals surface area contributed by atoms with Crippen LogP contribution in [0.15, 0.2) is 73.1 Å². The largest absolute Gasteiger partial charge is 0.457 e. The molecule has 5 N–H and O–H groups in total. The van der Waals surface area contributed by atoms with Gasteiger partial charge in [0.2, 0.25) is 5.91 Å².